The fourth-order valence-electron chi connectivity index (χ4n) is 3.76. The molecule has 31 heavy (non-hydrogen) atoms. The number of nitrogens with zero attached hydrogens (tertiary/aromatic N) is 1. The van der Waals surface area contributed by atoms with Crippen molar-refractivity contribution < 1.29 is 4.42 Å². The number of dihydropyridines is 1. The van der Waals surface area contributed by atoms with E-state index in [2.05, 4.69) is 22.2 Å². The van der Waals surface area contributed by atoms with Crippen molar-refractivity contribution in [3.05, 3.63) is 98.4 Å². The van der Waals surface area contributed by atoms with Crippen LogP contribution in [-0.2, 0) is 0 Å². The smallest absolute Gasteiger partial charge is 0.196 e. The van der Waals surface area contributed by atoms with Gasteiger partial charge >= 0.3 is 0 Å². The second-order valence-corrected chi connectivity index (χ2v) is 8.24. The van der Waals surface area contributed by atoms with Gasteiger partial charge in [-0.1, -0.05) is 24.2 Å². The van der Waals surface area contributed by atoms with Crippen molar-refractivity contribution in [2.24, 2.45) is 0 Å². The van der Waals surface area contributed by atoms with Crippen LogP contribution in [0.5, 0.6) is 0 Å². The number of nitrogens with one attached hydrogen (secondary N) is 2. The monoisotopic (exact) mass is 433 g/mol. The van der Waals surface area contributed by atoms with Gasteiger partial charge in [0.2, 0.25) is 0 Å². The first-order valence-electron chi connectivity index (χ1n) is 10.1. The number of aromatic nitrogens is 1. The van der Waals surface area contributed by atoms with Crippen molar-refractivity contribution >= 4 is 33.8 Å². The van der Waals surface area contributed by atoms with Crippen LogP contribution in [0, 0.1) is 20.8 Å². The van der Waals surface area contributed by atoms with Gasteiger partial charge in [0.25, 0.3) is 0 Å². The molecule has 2 N–H and O–H groups in total. The van der Waals surface area contributed by atoms with Crippen molar-refractivity contribution in [2.75, 3.05) is 5.32 Å². The van der Waals surface area contributed by atoms with E-state index >= 15 is 0 Å². The van der Waals surface area contributed by atoms with Crippen LogP contribution in [0.25, 0.3) is 16.5 Å². The minimum absolute atomic E-state index is 0.0311. The molecule has 0 saturated heterocycles. The lowest BCUT2D eigenvalue weighted by molar-refractivity contribution is 0.574. The number of allylic oxidation sites excluding steroid dienone is 3. The molecule has 0 saturated carbocycles. The van der Waals surface area contributed by atoms with E-state index in [-0.39, 0.29) is 11.5 Å². The molecule has 0 spiro atoms. The Hall–Kier alpha value is -3.31. The van der Waals surface area contributed by atoms with Crippen LogP contribution in [0.15, 0.2) is 64.1 Å². The summed E-state index contributed by atoms with van der Waals surface area (Å²) in [5, 5.41) is 7.59. The van der Waals surface area contributed by atoms with E-state index in [9.17, 15) is 4.79 Å². The van der Waals surface area contributed by atoms with Gasteiger partial charge in [0, 0.05) is 28.6 Å². The maximum absolute atomic E-state index is 13.2. The van der Waals surface area contributed by atoms with Crippen molar-refractivity contribution in [3.8, 4) is 0 Å². The number of hydrogen-bond acceptors (Lipinski definition) is 5. The van der Waals surface area contributed by atoms with E-state index in [0.717, 1.165) is 33.8 Å². The van der Waals surface area contributed by atoms with Gasteiger partial charge in [-0.15, -0.1) is 0 Å². The Morgan fingerprint density at radius 3 is 2.65 bits per heavy atom. The number of benzene rings is 1. The number of anilines is 1. The van der Waals surface area contributed by atoms with E-state index in [1.807, 2.05) is 51.1 Å². The van der Waals surface area contributed by atoms with Gasteiger partial charge in [-0.25, -0.2) is 4.98 Å². The molecule has 4 rings (SSSR count). The highest BCUT2D eigenvalue weighted by molar-refractivity contribution is 6.29. The van der Waals surface area contributed by atoms with E-state index < -0.39 is 0 Å². The summed E-state index contributed by atoms with van der Waals surface area (Å²) in [6.07, 6.45) is 5.56. The number of hydrogen-bond donors (Lipinski definition) is 2. The summed E-state index contributed by atoms with van der Waals surface area (Å²) in [7, 11) is 0. The summed E-state index contributed by atoms with van der Waals surface area (Å²) >= 11 is 5.99. The molecule has 0 amide bonds. The number of halogens is 1. The molecule has 1 aliphatic rings. The molecule has 1 aromatic carbocycles. The summed E-state index contributed by atoms with van der Waals surface area (Å²) in [6, 6.07) is 7.46. The zero-order valence-electron chi connectivity index (χ0n) is 18.0. The van der Waals surface area contributed by atoms with Gasteiger partial charge < -0.3 is 15.1 Å². The number of aryl methyl sites for hydroxylation is 2. The topological polar surface area (TPSA) is 67.2 Å². The van der Waals surface area contributed by atoms with E-state index in [1.165, 1.54) is 0 Å². The molecule has 5 nitrogen and oxygen atoms in total. The molecule has 0 bridgehead atoms. The third-order valence-electron chi connectivity index (χ3n) is 5.42. The SMILES string of the molecule is C=C1C=CC(c2oc3c([C@@H](C)Nc4ccc(Cl)nc4C)cc(C)cc3c(=O)c2C)=CN1. The van der Waals surface area contributed by atoms with Crippen molar-refractivity contribution in [2.45, 2.75) is 33.7 Å². The molecule has 1 atom stereocenters. The summed E-state index contributed by atoms with van der Waals surface area (Å²) in [4.78, 5) is 17.5. The Labute approximate surface area is 186 Å². The van der Waals surface area contributed by atoms with Gasteiger partial charge in [0.1, 0.15) is 16.5 Å². The Morgan fingerprint density at radius 1 is 1.19 bits per heavy atom. The fraction of sp³-hybridized carbons (Fsp3) is 0.200. The lowest BCUT2D eigenvalue weighted by atomic mass is 9.98. The fourth-order valence-corrected chi connectivity index (χ4v) is 3.95. The largest absolute Gasteiger partial charge is 0.455 e. The molecule has 3 heterocycles. The van der Waals surface area contributed by atoms with Crippen LogP contribution >= 0.6 is 11.6 Å². The normalized spacial score (nSPS) is 14.4. The van der Waals surface area contributed by atoms with Gasteiger partial charge in [0.15, 0.2) is 5.43 Å². The van der Waals surface area contributed by atoms with Gasteiger partial charge in [-0.05, 0) is 63.6 Å². The molecular formula is C25H24ClN3O2. The van der Waals surface area contributed by atoms with Gasteiger partial charge in [0.05, 0.1) is 22.8 Å². The van der Waals surface area contributed by atoms with E-state index in [1.54, 1.807) is 19.2 Å². The highest BCUT2D eigenvalue weighted by Crippen LogP contribution is 2.32. The average molecular weight is 434 g/mol. The van der Waals surface area contributed by atoms with E-state index in [4.69, 9.17) is 16.0 Å². The van der Waals surface area contributed by atoms with Crippen LogP contribution in [0.3, 0.4) is 0 Å². The molecular weight excluding hydrogens is 410 g/mol. The maximum Gasteiger partial charge on any atom is 0.196 e. The molecule has 0 unspecified atom stereocenters. The van der Waals surface area contributed by atoms with Crippen LogP contribution < -0.4 is 16.1 Å². The van der Waals surface area contributed by atoms with Crippen molar-refractivity contribution in [1.82, 2.24) is 10.3 Å². The maximum atomic E-state index is 13.2. The first-order chi connectivity index (χ1) is 14.7. The summed E-state index contributed by atoms with van der Waals surface area (Å²) in [5.41, 5.74) is 6.29. The summed E-state index contributed by atoms with van der Waals surface area (Å²) in [6.45, 7) is 11.6. The third-order valence-corrected chi connectivity index (χ3v) is 5.63. The minimum atomic E-state index is -0.128. The van der Waals surface area contributed by atoms with Crippen LogP contribution in [0.4, 0.5) is 5.69 Å². The highest BCUT2D eigenvalue weighted by Gasteiger charge is 2.20. The standard InChI is InChI=1S/C25H24ClN3O2/c1-13-10-19(16(4)28-21-8-9-22(26)29-17(21)5)25-20(11-13)23(30)15(3)24(31-25)18-7-6-14(2)27-12-18/h6-12,16,27-28H,2H2,1,3-5H3/t16-/m1/s1. The van der Waals surface area contributed by atoms with Crippen LogP contribution in [0.1, 0.15) is 41.1 Å². The van der Waals surface area contributed by atoms with Gasteiger partial charge in [-0.3, -0.25) is 4.79 Å². The van der Waals surface area contributed by atoms with E-state index in [0.29, 0.717) is 27.4 Å². The Balaban J connectivity index is 1.86. The van der Waals surface area contributed by atoms with Crippen LogP contribution in [-0.4, -0.2) is 4.98 Å². The Bertz CT molecular complexity index is 1330. The third kappa shape index (κ3) is 4.01. The second-order valence-electron chi connectivity index (χ2n) is 7.85. The summed E-state index contributed by atoms with van der Waals surface area (Å²) < 4.78 is 6.38. The molecule has 0 aliphatic carbocycles. The number of fused-ring (bicyclic) bond motifs is 1. The average Bonchev–Trinajstić information content (AvgIpc) is 2.73. The molecule has 0 radical (unpaired) electrons. The number of pyridine rings is 1. The Morgan fingerprint density at radius 2 is 1.97 bits per heavy atom. The lowest BCUT2D eigenvalue weighted by Crippen LogP contribution is -2.14. The summed E-state index contributed by atoms with van der Waals surface area (Å²) in [5.74, 6) is 0.551. The number of rotatable bonds is 4. The van der Waals surface area contributed by atoms with Crippen molar-refractivity contribution in [1.29, 1.82) is 0 Å². The van der Waals surface area contributed by atoms with Crippen LogP contribution in [0.2, 0.25) is 5.15 Å². The first kappa shape index (κ1) is 20.9. The minimum Gasteiger partial charge on any atom is -0.455 e. The molecule has 3 aromatic rings. The zero-order chi connectivity index (χ0) is 22.3. The predicted octanol–water partition coefficient (Wildman–Crippen LogP) is 5.95. The zero-order valence-corrected chi connectivity index (χ0v) is 18.7. The molecule has 1 aliphatic heterocycles. The molecule has 158 valence electrons. The van der Waals surface area contributed by atoms with Crippen molar-refractivity contribution in [3.63, 3.8) is 0 Å². The first-order valence-corrected chi connectivity index (χ1v) is 10.4. The second kappa shape index (κ2) is 8.08. The lowest BCUT2D eigenvalue weighted by Gasteiger charge is -2.20. The molecule has 0 fully saturated rings. The van der Waals surface area contributed by atoms with Gasteiger partial charge in [-0.2, -0.15) is 0 Å². The molecule has 6 heteroatoms. The quantitative estimate of drug-likeness (QED) is 0.497. The Kier molecular flexibility index (Phi) is 5.46. The molecule has 2 aromatic heterocycles. The predicted molar refractivity (Wildman–Crippen MR) is 127 cm³/mol. The highest BCUT2D eigenvalue weighted by atomic mass is 35.5.